The molecule has 3 rings (SSSR count). The van der Waals surface area contributed by atoms with Gasteiger partial charge in [-0.25, -0.2) is 0 Å². The minimum absolute atomic E-state index is 0.720. The SMILES string of the molecule is S=C=Nc1c(C2CCC2)cccc1C1CCC1. The Morgan fingerprint density at radius 3 is 1.88 bits per heavy atom. The smallest absolute Gasteiger partial charge is 0.0809 e. The van der Waals surface area contributed by atoms with E-state index in [0.29, 0.717) is 0 Å². The van der Waals surface area contributed by atoms with Crippen molar-refractivity contribution >= 4 is 23.1 Å². The van der Waals surface area contributed by atoms with Crippen molar-refractivity contribution in [3.8, 4) is 0 Å². The molecular formula is C15H17NS. The van der Waals surface area contributed by atoms with Gasteiger partial charge < -0.3 is 0 Å². The quantitative estimate of drug-likeness (QED) is 0.540. The fraction of sp³-hybridized carbons (Fsp3) is 0.533. The monoisotopic (exact) mass is 243 g/mol. The van der Waals surface area contributed by atoms with E-state index in [4.69, 9.17) is 12.2 Å². The second-order valence-corrected chi connectivity index (χ2v) is 5.43. The molecule has 2 fully saturated rings. The highest BCUT2D eigenvalue weighted by Gasteiger charge is 2.27. The molecule has 0 heterocycles. The molecule has 2 heteroatoms. The molecule has 2 saturated carbocycles. The van der Waals surface area contributed by atoms with Crippen molar-refractivity contribution < 1.29 is 0 Å². The van der Waals surface area contributed by atoms with Crippen molar-refractivity contribution in [2.45, 2.75) is 50.4 Å². The molecule has 0 bridgehead atoms. The largest absolute Gasteiger partial charge is 0.194 e. The number of rotatable bonds is 3. The van der Waals surface area contributed by atoms with Crippen molar-refractivity contribution in [1.29, 1.82) is 0 Å². The zero-order valence-electron chi connectivity index (χ0n) is 9.98. The van der Waals surface area contributed by atoms with Gasteiger partial charge in [-0.2, -0.15) is 4.99 Å². The number of isothiocyanates is 1. The van der Waals surface area contributed by atoms with Gasteiger partial charge in [-0.1, -0.05) is 31.0 Å². The van der Waals surface area contributed by atoms with Gasteiger partial charge >= 0.3 is 0 Å². The van der Waals surface area contributed by atoms with E-state index in [1.807, 2.05) is 0 Å². The van der Waals surface area contributed by atoms with Crippen LogP contribution in [-0.4, -0.2) is 5.16 Å². The van der Waals surface area contributed by atoms with Gasteiger partial charge in [0.25, 0.3) is 0 Å². The van der Waals surface area contributed by atoms with Gasteiger partial charge in [0.2, 0.25) is 0 Å². The molecule has 88 valence electrons. The van der Waals surface area contributed by atoms with Gasteiger partial charge in [-0.15, -0.1) is 0 Å². The van der Waals surface area contributed by atoms with Crippen LogP contribution in [0.15, 0.2) is 23.2 Å². The van der Waals surface area contributed by atoms with Crippen molar-refractivity contribution in [3.63, 3.8) is 0 Å². The van der Waals surface area contributed by atoms with E-state index in [0.717, 1.165) is 17.5 Å². The highest BCUT2D eigenvalue weighted by atomic mass is 32.1. The van der Waals surface area contributed by atoms with Crippen LogP contribution < -0.4 is 0 Å². The lowest BCUT2D eigenvalue weighted by Crippen LogP contribution is -2.13. The van der Waals surface area contributed by atoms with Gasteiger partial charge in [0.05, 0.1) is 10.8 Å². The molecule has 0 aliphatic heterocycles. The Bertz CT molecular complexity index is 434. The number of nitrogens with zero attached hydrogens (tertiary/aromatic N) is 1. The van der Waals surface area contributed by atoms with Gasteiger partial charge in [0.15, 0.2) is 0 Å². The summed E-state index contributed by atoms with van der Waals surface area (Å²) in [6.07, 6.45) is 7.97. The summed E-state index contributed by atoms with van der Waals surface area (Å²) in [6, 6.07) is 6.67. The van der Waals surface area contributed by atoms with Gasteiger partial charge in [0, 0.05) is 0 Å². The maximum Gasteiger partial charge on any atom is 0.0809 e. The molecule has 0 N–H and O–H groups in total. The topological polar surface area (TPSA) is 12.4 Å². The maximum atomic E-state index is 4.82. The first kappa shape index (κ1) is 11.1. The molecule has 1 aromatic carbocycles. The van der Waals surface area contributed by atoms with Crippen molar-refractivity contribution in [3.05, 3.63) is 29.3 Å². The van der Waals surface area contributed by atoms with Gasteiger partial charge in [-0.05, 0) is 60.9 Å². The summed E-state index contributed by atoms with van der Waals surface area (Å²) in [6.45, 7) is 0. The number of benzene rings is 1. The third-order valence-electron chi connectivity index (χ3n) is 4.35. The summed E-state index contributed by atoms with van der Waals surface area (Å²) in [7, 11) is 0. The molecule has 0 aromatic heterocycles. The lowest BCUT2D eigenvalue weighted by atomic mass is 9.74. The molecule has 0 radical (unpaired) electrons. The number of hydrogen-bond donors (Lipinski definition) is 0. The van der Waals surface area contributed by atoms with Crippen LogP contribution in [0.4, 0.5) is 5.69 Å². The third kappa shape index (κ3) is 1.96. The number of hydrogen-bond acceptors (Lipinski definition) is 2. The van der Waals surface area contributed by atoms with Crippen molar-refractivity contribution in [1.82, 2.24) is 0 Å². The summed E-state index contributed by atoms with van der Waals surface area (Å²) < 4.78 is 0. The van der Waals surface area contributed by atoms with Crippen LogP contribution in [0, 0.1) is 0 Å². The fourth-order valence-corrected chi connectivity index (χ4v) is 2.94. The highest BCUT2D eigenvalue weighted by Crippen LogP contribution is 2.47. The molecule has 0 saturated heterocycles. The van der Waals surface area contributed by atoms with E-state index in [2.05, 4.69) is 28.4 Å². The zero-order valence-corrected chi connectivity index (χ0v) is 10.8. The van der Waals surface area contributed by atoms with E-state index < -0.39 is 0 Å². The normalized spacial score (nSPS) is 20.2. The second kappa shape index (κ2) is 4.72. The molecule has 1 nitrogen and oxygen atoms in total. The predicted molar refractivity (Wildman–Crippen MR) is 74.3 cm³/mol. The average molecular weight is 243 g/mol. The average Bonchev–Trinajstić information content (AvgIpc) is 2.17. The fourth-order valence-electron chi connectivity index (χ4n) is 2.85. The Morgan fingerprint density at radius 2 is 1.53 bits per heavy atom. The molecule has 2 aliphatic carbocycles. The standard InChI is InChI=1S/C15H17NS/c17-10-16-15-13(11-4-1-5-11)8-3-9-14(15)12-6-2-7-12/h3,8-9,11-12H,1-2,4-7H2. The van der Waals surface area contributed by atoms with Crippen molar-refractivity contribution in [2.75, 3.05) is 0 Å². The lowest BCUT2D eigenvalue weighted by Gasteiger charge is -2.31. The Hall–Kier alpha value is -0.980. The molecule has 0 spiro atoms. The number of para-hydroxylation sites is 1. The van der Waals surface area contributed by atoms with Crippen LogP contribution in [0.2, 0.25) is 0 Å². The van der Waals surface area contributed by atoms with Crippen LogP contribution in [0.5, 0.6) is 0 Å². The van der Waals surface area contributed by atoms with Crippen LogP contribution >= 0.6 is 12.2 Å². The molecular weight excluding hydrogens is 226 g/mol. The van der Waals surface area contributed by atoms with Gasteiger partial charge in [-0.3, -0.25) is 0 Å². The first-order valence-corrected chi connectivity index (χ1v) is 7.01. The molecule has 1 aromatic rings. The Balaban J connectivity index is 2.04. The summed E-state index contributed by atoms with van der Waals surface area (Å²) in [5.41, 5.74) is 3.98. The predicted octanol–water partition coefficient (Wildman–Crippen LogP) is 4.96. The van der Waals surface area contributed by atoms with E-state index in [1.165, 1.54) is 49.7 Å². The first-order chi connectivity index (χ1) is 8.40. The molecule has 2 aliphatic rings. The molecule has 0 amide bonds. The number of thiocarbonyl (C=S) groups is 1. The maximum absolute atomic E-state index is 4.82. The molecule has 17 heavy (non-hydrogen) atoms. The molecule has 0 unspecified atom stereocenters. The second-order valence-electron chi connectivity index (χ2n) is 5.24. The van der Waals surface area contributed by atoms with Crippen LogP contribution in [0.25, 0.3) is 0 Å². The van der Waals surface area contributed by atoms with E-state index in [-0.39, 0.29) is 0 Å². The summed E-state index contributed by atoms with van der Waals surface area (Å²) >= 11 is 4.82. The molecule has 0 atom stereocenters. The van der Waals surface area contributed by atoms with E-state index >= 15 is 0 Å². The highest BCUT2D eigenvalue weighted by molar-refractivity contribution is 7.78. The van der Waals surface area contributed by atoms with Crippen LogP contribution in [-0.2, 0) is 0 Å². The zero-order chi connectivity index (χ0) is 11.7. The minimum Gasteiger partial charge on any atom is -0.194 e. The van der Waals surface area contributed by atoms with Crippen LogP contribution in [0.1, 0.15) is 61.5 Å². The first-order valence-electron chi connectivity index (χ1n) is 6.61. The summed E-state index contributed by atoms with van der Waals surface area (Å²) in [5.74, 6) is 1.44. The van der Waals surface area contributed by atoms with Crippen LogP contribution in [0.3, 0.4) is 0 Å². The summed E-state index contributed by atoms with van der Waals surface area (Å²) in [5, 5.41) is 2.58. The Morgan fingerprint density at radius 1 is 1.00 bits per heavy atom. The third-order valence-corrected chi connectivity index (χ3v) is 4.44. The van der Waals surface area contributed by atoms with E-state index in [9.17, 15) is 0 Å². The van der Waals surface area contributed by atoms with E-state index in [1.54, 1.807) is 0 Å². The Kier molecular flexibility index (Phi) is 3.09. The number of aliphatic imine (C=N–C) groups is 1. The Labute approximate surface area is 108 Å². The van der Waals surface area contributed by atoms with Crippen molar-refractivity contribution in [2.24, 2.45) is 4.99 Å². The minimum atomic E-state index is 0.720. The lowest BCUT2D eigenvalue weighted by molar-refractivity contribution is 0.411. The summed E-state index contributed by atoms with van der Waals surface area (Å²) in [4.78, 5) is 4.38. The van der Waals surface area contributed by atoms with Gasteiger partial charge in [0.1, 0.15) is 0 Å².